The standard InChI is InChI=1S/C25H23F6N5O3/c1-12-9-36(10-17(32)23(12)37)20-4-5-33-8-19(20)35-24(38)18-3-2-14(26)22(34-18)21-15(27)6-13(7-16(21)28)39-11-25(29,30)31/h2-8,12,17,23,37H,9-11,32H2,1H3,(H,35,38)/t12-,17+,23+/m0/s1. The van der Waals surface area contributed by atoms with E-state index in [0.29, 0.717) is 30.9 Å². The SMILES string of the molecule is C[C@H]1CN(c2ccncc2NC(=O)c2ccc(F)c(-c3c(F)cc(OCC(F)(F)F)cc3F)n2)C[C@@H](N)[C@@H]1O. The van der Waals surface area contributed by atoms with Crippen LogP contribution < -0.4 is 20.7 Å². The fourth-order valence-corrected chi connectivity index (χ4v) is 4.23. The minimum absolute atomic E-state index is 0.165. The van der Waals surface area contributed by atoms with Gasteiger partial charge in [0, 0.05) is 43.4 Å². The highest BCUT2D eigenvalue weighted by Gasteiger charge is 2.32. The lowest BCUT2D eigenvalue weighted by Gasteiger charge is -2.40. The number of anilines is 2. The molecule has 0 saturated carbocycles. The molecule has 0 aliphatic carbocycles. The molecule has 0 radical (unpaired) electrons. The molecule has 208 valence electrons. The van der Waals surface area contributed by atoms with Crippen molar-refractivity contribution in [2.45, 2.75) is 25.2 Å². The number of halogens is 6. The van der Waals surface area contributed by atoms with Crippen LogP contribution in [0.1, 0.15) is 17.4 Å². The third-order valence-electron chi connectivity index (χ3n) is 6.08. The first-order valence-electron chi connectivity index (χ1n) is 11.6. The zero-order valence-corrected chi connectivity index (χ0v) is 20.3. The Morgan fingerprint density at radius 3 is 2.49 bits per heavy atom. The van der Waals surface area contributed by atoms with Gasteiger partial charge in [-0.05, 0) is 18.2 Å². The van der Waals surface area contributed by atoms with Crippen molar-refractivity contribution in [1.29, 1.82) is 0 Å². The van der Waals surface area contributed by atoms with Crippen molar-refractivity contribution >= 4 is 17.3 Å². The van der Waals surface area contributed by atoms with Gasteiger partial charge in [0.15, 0.2) is 6.61 Å². The second-order valence-electron chi connectivity index (χ2n) is 9.08. The molecular formula is C25H23F6N5O3. The molecule has 3 aromatic rings. The average molecular weight is 555 g/mol. The molecule has 1 amide bonds. The van der Waals surface area contributed by atoms with E-state index < -0.39 is 71.0 Å². The molecule has 0 unspecified atom stereocenters. The molecule has 4 rings (SSSR count). The van der Waals surface area contributed by atoms with Crippen LogP contribution in [0.25, 0.3) is 11.3 Å². The number of hydrogen-bond acceptors (Lipinski definition) is 7. The Hall–Kier alpha value is -3.91. The minimum Gasteiger partial charge on any atom is -0.484 e. The van der Waals surface area contributed by atoms with E-state index in [1.54, 1.807) is 6.07 Å². The Morgan fingerprint density at radius 2 is 1.85 bits per heavy atom. The summed E-state index contributed by atoms with van der Waals surface area (Å²) in [5.74, 6) is -5.84. The molecule has 0 bridgehead atoms. The smallest absolute Gasteiger partial charge is 0.422 e. The Kier molecular flexibility index (Phi) is 7.97. The topological polar surface area (TPSA) is 114 Å². The fraction of sp³-hybridized carbons (Fsp3) is 0.320. The third-order valence-corrected chi connectivity index (χ3v) is 6.08. The number of nitrogens with zero attached hydrogens (tertiary/aromatic N) is 3. The summed E-state index contributed by atoms with van der Waals surface area (Å²) in [6.45, 7) is 0.764. The van der Waals surface area contributed by atoms with E-state index in [-0.39, 0.29) is 11.6 Å². The monoisotopic (exact) mass is 555 g/mol. The van der Waals surface area contributed by atoms with Crippen LogP contribution in [0.4, 0.5) is 37.7 Å². The first-order chi connectivity index (χ1) is 18.3. The van der Waals surface area contributed by atoms with E-state index in [1.165, 1.54) is 12.4 Å². The van der Waals surface area contributed by atoms with Crippen LogP contribution >= 0.6 is 0 Å². The molecule has 3 heterocycles. The Balaban J connectivity index is 1.60. The maximum absolute atomic E-state index is 14.7. The second-order valence-corrected chi connectivity index (χ2v) is 9.08. The summed E-state index contributed by atoms with van der Waals surface area (Å²) in [6.07, 6.45) is -2.59. The van der Waals surface area contributed by atoms with Crippen molar-refractivity contribution in [3.8, 4) is 17.0 Å². The quantitative estimate of drug-likeness (QED) is 0.396. The highest BCUT2D eigenvalue weighted by Crippen LogP contribution is 2.32. The number of pyridine rings is 2. The zero-order valence-electron chi connectivity index (χ0n) is 20.3. The Morgan fingerprint density at radius 1 is 1.15 bits per heavy atom. The predicted molar refractivity (Wildman–Crippen MR) is 129 cm³/mol. The van der Waals surface area contributed by atoms with Gasteiger partial charge in [0.1, 0.15) is 34.6 Å². The maximum Gasteiger partial charge on any atom is 0.422 e. The van der Waals surface area contributed by atoms with E-state index in [4.69, 9.17) is 5.73 Å². The second kappa shape index (κ2) is 11.1. The molecule has 4 N–H and O–H groups in total. The summed E-state index contributed by atoms with van der Waals surface area (Å²) in [6, 6.07) is 3.78. The van der Waals surface area contributed by atoms with Crippen molar-refractivity contribution < 1.29 is 41.0 Å². The molecular weight excluding hydrogens is 532 g/mol. The molecule has 1 aliphatic rings. The van der Waals surface area contributed by atoms with Crippen LogP contribution in [0.2, 0.25) is 0 Å². The lowest BCUT2D eigenvalue weighted by Crippen LogP contribution is -2.55. The van der Waals surface area contributed by atoms with E-state index >= 15 is 0 Å². The molecule has 14 heteroatoms. The summed E-state index contributed by atoms with van der Waals surface area (Å²) in [7, 11) is 0. The van der Waals surface area contributed by atoms with Crippen molar-refractivity contribution in [3.05, 3.63) is 65.9 Å². The normalized spacial score (nSPS) is 19.6. The van der Waals surface area contributed by atoms with E-state index in [2.05, 4.69) is 20.0 Å². The zero-order chi connectivity index (χ0) is 28.5. The van der Waals surface area contributed by atoms with Gasteiger partial charge in [-0.1, -0.05) is 6.92 Å². The molecule has 39 heavy (non-hydrogen) atoms. The number of aliphatic hydroxyl groups excluding tert-OH is 1. The number of aromatic nitrogens is 2. The molecule has 2 aromatic heterocycles. The van der Waals surface area contributed by atoms with Crippen LogP contribution in [0.5, 0.6) is 5.75 Å². The predicted octanol–water partition coefficient (Wildman–Crippen LogP) is 3.90. The highest BCUT2D eigenvalue weighted by atomic mass is 19.4. The molecule has 0 spiro atoms. The van der Waals surface area contributed by atoms with Gasteiger partial charge in [0.2, 0.25) is 0 Å². The first-order valence-corrected chi connectivity index (χ1v) is 11.6. The summed E-state index contributed by atoms with van der Waals surface area (Å²) < 4.78 is 85.4. The van der Waals surface area contributed by atoms with Crippen LogP contribution in [0.3, 0.4) is 0 Å². The van der Waals surface area contributed by atoms with Crippen LogP contribution in [0.15, 0.2) is 42.7 Å². The van der Waals surface area contributed by atoms with Gasteiger partial charge in [-0.3, -0.25) is 9.78 Å². The van der Waals surface area contributed by atoms with Gasteiger partial charge < -0.3 is 25.8 Å². The minimum atomic E-state index is -4.74. The van der Waals surface area contributed by atoms with Gasteiger partial charge >= 0.3 is 6.18 Å². The number of amides is 1. The van der Waals surface area contributed by atoms with Gasteiger partial charge in [0.25, 0.3) is 5.91 Å². The summed E-state index contributed by atoms with van der Waals surface area (Å²) in [5.41, 5.74) is 4.56. The molecule has 1 fully saturated rings. The van der Waals surface area contributed by atoms with E-state index in [0.717, 1.165) is 12.1 Å². The number of benzene rings is 1. The Bertz CT molecular complexity index is 1340. The number of nitrogens with one attached hydrogen (secondary N) is 1. The van der Waals surface area contributed by atoms with Gasteiger partial charge in [0.05, 0.1) is 29.2 Å². The van der Waals surface area contributed by atoms with Crippen molar-refractivity contribution in [3.63, 3.8) is 0 Å². The van der Waals surface area contributed by atoms with Crippen molar-refractivity contribution in [1.82, 2.24) is 9.97 Å². The number of alkyl halides is 3. The lowest BCUT2D eigenvalue weighted by atomic mass is 9.92. The summed E-state index contributed by atoms with van der Waals surface area (Å²) >= 11 is 0. The van der Waals surface area contributed by atoms with Crippen LogP contribution in [0, 0.1) is 23.4 Å². The highest BCUT2D eigenvalue weighted by molar-refractivity contribution is 6.04. The number of nitrogens with two attached hydrogens (primary N) is 1. The largest absolute Gasteiger partial charge is 0.484 e. The molecule has 1 aromatic carbocycles. The summed E-state index contributed by atoms with van der Waals surface area (Å²) in [5, 5.41) is 12.7. The van der Waals surface area contributed by atoms with Gasteiger partial charge in [-0.25, -0.2) is 18.2 Å². The molecule has 8 nitrogen and oxygen atoms in total. The lowest BCUT2D eigenvalue weighted by molar-refractivity contribution is -0.153. The Labute approximate surface area is 218 Å². The number of aliphatic hydroxyl groups is 1. The number of ether oxygens (including phenoxy) is 1. The number of carbonyl (C=O) groups is 1. The van der Waals surface area contributed by atoms with E-state index in [1.807, 2.05) is 11.8 Å². The van der Waals surface area contributed by atoms with Crippen LogP contribution in [-0.4, -0.2) is 59.0 Å². The number of hydrogen-bond donors (Lipinski definition) is 3. The average Bonchev–Trinajstić information content (AvgIpc) is 2.86. The molecule has 1 saturated heterocycles. The number of piperidine rings is 1. The fourth-order valence-electron chi connectivity index (χ4n) is 4.23. The van der Waals surface area contributed by atoms with Crippen LogP contribution in [-0.2, 0) is 0 Å². The van der Waals surface area contributed by atoms with Crippen molar-refractivity contribution in [2.24, 2.45) is 11.7 Å². The van der Waals surface area contributed by atoms with Gasteiger partial charge in [-0.2, -0.15) is 13.2 Å². The molecule has 1 aliphatic heterocycles. The number of carbonyl (C=O) groups excluding carboxylic acids is 1. The molecule has 3 atom stereocenters. The number of rotatable bonds is 6. The van der Waals surface area contributed by atoms with Gasteiger partial charge in [-0.15, -0.1) is 0 Å². The summed E-state index contributed by atoms with van der Waals surface area (Å²) in [4.78, 5) is 22.6. The third kappa shape index (κ3) is 6.40. The maximum atomic E-state index is 14.7. The van der Waals surface area contributed by atoms with E-state index in [9.17, 15) is 36.2 Å². The first kappa shape index (κ1) is 28.1. The van der Waals surface area contributed by atoms with Crippen molar-refractivity contribution in [2.75, 3.05) is 29.9 Å².